The van der Waals surface area contributed by atoms with Gasteiger partial charge in [-0.1, -0.05) is 23.2 Å². The summed E-state index contributed by atoms with van der Waals surface area (Å²) in [5.74, 6) is -1.39. The van der Waals surface area contributed by atoms with Crippen LogP contribution in [-0.2, 0) is 14.8 Å². The third kappa shape index (κ3) is 5.30. The summed E-state index contributed by atoms with van der Waals surface area (Å²) in [6.45, 7) is 1.29. The molecule has 0 aliphatic heterocycles. The maximum Gasteiger partial charge on any atom is 0.272 e. The molecule has 0 aromatic heterocycles. The van der Waals surface area contributed by atoms with Crippen LogP contribution in [0.5, 0.6) is 5.75 Å². The van der Waals surface area contributed by atoms with Crippen LogP contribution in [0.1, 0.15) is 5.56 Å². The number of benzene rings is 2. The Hall–Kier alpha value is -1.87. The fraction of sp³-hybridized carbons (Fsp3) is 0.133. The summed E-state index contributed by atoms with van der Waals surface area (Å²) in [6, 6.07) is 7.88. The fourth-order valence-electron chi connectivity index (χ4n) is 1.83. The predicted octanol–water partition coefficient (Wildman–Crippen LogP) is 2.83. The number of aryl methyl sites for hydroxylation is 1. The van der Waals surface area contributed by atoms with Crippen molar-refractivity contribution in [3.8, 4) is 5.75 Å². The van der Waals surface area contributed by atoms with Gasteiger partial charge in [0.25, 0.3) is 15.9 Å². The SMILES string of the molecule is Cc1cc(Cl)ccc1OCC(=O)NNS(=O)(=O)c1ccc(Cl)cc1F. The molecule has 2 N–H and O–H groups in total. The van der Waals surface area contributed by atoms with Crippen molar-refractivity contribution < 1.29 is 22.3 Å². The van der Waals surface area contributed by atoms with Crippen molar-refractivity contribution in [3.05, 3.63) is 57.8 Å². The van der Waals surface area contributed by atoms with Gasteiger partial charge in [0.05, 0.1) is 0 Å². The minimum Gasteiger partial charge on any atom is -0.483 e. The van der Waals surface area contributed by atoms with Crippen molar-refractivity contribution in [1.82, 2.24) is 10.3 Å². The van der Waals surface area contributed by atoms with Crippen LogP contribution in [-0.4, -0.2) is 20.9 Å². The zero-order valence-corrected chi connectivity index (χ0v) is 15.2. The Balaban J connectivity index is 1.94. The molecule has 25 heavy (non-hydrogen) atoms. The molecular weight excluding hydrogens is 394 g/mol. The Morgan fingerprint density at radius 3 is 2.44 bits per heavy atom. The van der Waals surface area contributed by atoms with E-state index in [0.29, 0.717) is 16.3 Å². The second kappa shape index (κ2) is 8.01. The zero-order valence-electron chi connectivity index (χ0n) is 12.8. The highest BCUT2D eigenvalue weighted by molar-refractivity contribution is 7.89. The molecule has 0 spiro atoms. The fourth-order valence-corrected chi connectivity index (χ4v) is 3.13. The molecule has 0 atom stereocenters. The normalized spacial score (nSPS) is 11.2. The quantitative estimate of drug-likeness (QED) is 0.722. The monoisotopic (exact) mass is 406 g/mol. The molecule has 134 valence electrons. The Bertz CT molecular complexity index is 906. The van der Waals surface area contributed by atoms with Crippen LogP contribution in [0.15, 0.2) is 41.3 Å². The first-order chi connectivity index (χ1) is 11.7. The van der Waals surface area contributed by atoms with Crippen LogP contribution < -0.4 is 15.0 Å². The van der Waals surface area contributed by atoms with E-state index in [1.54, 1.807) is 30.0 Å². The molecule has 0 bridgehead atoms. The van der Waals surface area contributed by atoms with Crippen LogP contribution in [0, 0.1) is 12.7 Å². The molecule has 6 nitrogen and oxygen atoms in total. The van der Waals surface area contributed by atoms with Crippen molar-refractivity contribution in [2.45, 2.75) is 11.8 Å². The minimum atomic E-state index is -4.29. The van der Waals surface area contributed by atoms with Gasteiger partial charge in [0.2, 0.25) is 0 Å². The Kier molecular flexibility index (Phi) is 6.23. The van der Waals surface area contributed by atoms with Crippen LogP contribution in [0.2, 0.25) is 10.0 Å². The van der Waals surface area contributed by atoms with E-state index in [2.05, 4.69) is 0 Å². The van der Waals surface area contributed by atoms with Gasteiger partial charge in [0.15, 0.2) is 6.61 Å². The van der Waals surface area contributed by atoms with E-state index in [9.17, 15) is 17.6 Å². The molecule has 2 aromatic rings. The molecule has 0 unspecified atom stereocenters. The van der Waals surface area contributed by atoms with Crippen LogP contribution in [0.3, 0.4) is 0 Å². The minimum absolute atomic E-state index is 0.0484. The number of rotatable bonds is 6. The standard InChI is InChI=1S/C15H13Cl2FN2O4S/c1-9-6-10(16)2-4-13(9)24-8-15(21)19-20-25(22,23)14-5-3-11(17)7-12(14)18/h2-7,20H,8H2,1H3,(H,19,21). The van der Waals surface area contributed by atoms with E-state index in [4.69, 9.17) is 27.9 Å². The highest BCUT2D eigenvalue weighted by Gasteiger charge is 2.20. The van der Waals surface area contributed by atoms with Gasteiger partial charge >= 0.3 is 0 Å². The number of carbonyl (C=O) groups excluding carboxylic acids is 1. The topological polar surface area (TPSA) is 84.5 Å². The third-order valence-electron chi connectivity index (χ3n) is 3.00. The van der Waals surface area contributed by atoms with Gasteiger partial charge < -0.3 is 4.74 Å². The first-order valence-electron chi connectivity index (χ1n) is 6.84. The molecule has 0 radical (unpaired) electrons. The first-order valence-corrected chi connectivity index (χ1v) is 9.07. The van der Waals surface area contributed by atoms with Crippen molar-refractivity contribution >= 4 is 39.1 Å². The zero-order chi connectivity index (χ0) is 18.6. The number of hydrogen-bond acceptors (Lipinski definition) is 4. The number of hydrogen-bond donors (Lipinski definition) is 2. The number of nitrogens with one attached hydrogen (secondary N) is 2. The molecule has 0 saturated heterocycles. The molecule has 1 amide bonds. The largest absolute Gasteiger partial charge is 0.483 e. The number of amides is 1. The lowest BCUT2D eigenvalue weighted by atomic mass is 10.2. The van der Waals surface area contributed by atoms with Gasteiger partial charge in [-0.2, -0.15) is 0 Å². The highest BCUT2D eigenvalue weighted by Crippen LogP contribution is 2.21. The van der Waals surface area contributed by atoms with E-state index >= 15 is 0 Å². The number of ether oxygens (including phenoxy) is 1. The lowest BCUT2D eigenvalue weighted by Gasteiger charge is -2.11. The van der Waals surface area contributed by atoms with Crippen molar-refractivity contribution in [2.75, 3.05) is 6.61 Å². The van der Waals surface area contributed by atoms with Gasteiger partial charge in [-0.25, -0.2) is 12.8 Å². The molecule has 10 heteroatoms. The third-order valence-corrected chi connectivity index (χ3v) is 4.76. The maximum atomic E-state index is 13.7. The smallest absolute Gasteiger partial charge is 0.272 e. The van der Waals surface area contributed by atoms with Gasteiger partial charge in [-0.3, -0.25) is 10.2 Å². The van der Waals surface area contributed by atoms with Crippen LogP contribution in [0.25, 0.3) is 0 Å². The highest BCUT2D eigenvalue weighted by atomic mass is 35.5. The van der Waals surface area contributed by atoms with Crippen LogP contribution >= 0.6 is 23.2 Å². The number of halogens is 3. The second-order valence-electron chi connectivity index (χ2n) is 4.93. The average molecular weight is 407 g/mol. The van der Waals surface area contributed by atoms with E-state index in [1.807, 2.05) is 5.43 Å². The Labute approximate surface area is 153 Å². The van der Waals surface area contributed by atoms with E-state index in [1.165, 1.54) is 6.07 Å². The Morgan fingerprint density at radius 2 is 1.80 bits per heavy atom. The average Bonchev–Trinajstić information content (AvgIpc) is 2.52. The summed E-state index contributed by atoms with van der Waals surface area (Å²) in [4.78, 5) is 12.8. The summed E-state index contributed by atoms with van der Waals surface area (Å²) < 4.78 is 42.9. The van der Waals surface area contributed by atoms with E-state index in [0.717, 1.165) is 12.1 Å². The van der Waals surface area contributed by atoms with E-state index < -0.39 is 33.3 Å². The van der Waals surface area contributed by atoms with E-state index in [-0.39, 0.29) is 5.02 Å². The summed E-state index contributed by atoms with van der Waals surface area (Å²) in [5.41, 5.74) is 2.65. The second-order valence-corrected chi connectivity index (χ2v) is 7.45. The molecule has 0 aliphatic rings. The van der Waals surface area contributed by atoms with Crippen molar-refractivity contribution in [2.24, 2.45) is 0 Å². The summed E-state index contributed by atoms with van der Waals surface area (Å²) >= 11 is 11.4. The molecule has 0 heterocycles. The number of sulfonamides is 1. The molecule has 2 aromatic carbocycles. The Morgan fingerprint density at radius 1 is 1.16 bits per heavy atom. The number of hydrazine groups is 1. The summed E-state index contributed by atoms with van der Waals surface area (Å²) in [5, 5.41) is 0.569. The first kappa shape index (κ1) is 19.5. The van der Waals surface area contributed by atoms with Gasteiger partial charge in [-0.15, -0.1) is 4.83 Å². The molecule has 0 saturated carbocycles. The molecule has 2 rings (SSSR count). The predicted molar refractivity (Wildman–Crippen MR) is 91.6 cm³/mol. The summed E-state index contributed by atoms with van der Waals surface area (Å²) in [7, 11) is -4.29. The molecule has 0 aliphatic carbocycles. The van der Waals surface area contributed by atoms with Gasteiger partial charge in [0.1, 0.15) is 16.5 Å². The van der Waals surface area contributed by atoms with Crippen LogP contribution in [0.4, 0.5) is 4.39 Å². The number of carbonyl (C=O) groups is 1. The van der Waals surface area contributed by atoms with Gasteiger partial charge in [0, 0.05) is 10.0 Å². The van der Waals surface area contributed by atoms with Crippen molar-refractivity contribution in [1.29, 1.82) is 0 Å². The maximum absolute atomic E-state index is 13.7. The molecule has 0 fully saturated rings. The van der Waals surface area contributed by atoms with Crippen molar-refractivity contribution in [3.63, 3.8) is 0 Å². The summed E-state index contributed by atoms with van der Waals surface area (Å²) in [6.07, 6.45) is 0. The lowest BCUT2D eigenvalue weighted by Crippen LogP contribution is -2.44. The lowest BCUT2D eigenvalue weighted by molar-refractivity contribution is -0.123. The van der Waals surface area contributed by atoms with Gasteiger partial charge in [-0.05, 0) is 48.9 Å². The molecular formula is C15H13Cl2FN2O4S.